The first-order chi connectivity index (χ1) is 6.11. The number of rotatable bonds is 4. The van der Waals surface area contributed by atoms with Gasteiger partial charge in [0.15, 0.2) is 0 Å². The van der Waals surface area contributed by atoms with Crippen LogP contribution in [-0.4, -0.2) is 29.7 Å². The van der Waals surface area contributed by atoms with Crippen molar-refractivity contribution in [2.24, 2.45) is 0 Å². The van der Waals surface area contributed by atoms with Crippen LogP contribution >= 0.6 is 0 Å². The maximum absolute atomic E-state index is 11.0. The van der Waals surface area contributed by atoms with E-state index < -0.39 is 26.8 Å². The summed E-state index contributed by atoms with van der Waals surface area (Å²) in [7, 11) is -4.16. The highest BCUT2D eigenvalue weighted by Gasteiger charge is 2.35. The van der Waals surface area contributed by atoms with Crippen LogP contribution in [0.2, 0.25) is 0 Å². The molecule has 0 saturated carbocycles. The number of nitrogens with one attached hydrogen (secondary N) is 1. The Morgan fingerprint density at radius 1 is 1.57 bits per heavy atom. The predicted molar refractivity (Wildman–Crippen MR) is 53.4 cm³/mol. The molecule has 1 amide bonds. The molecule has 5 nitrogen and oxygen atoms in total. The zero-order valence-electron chi connectivity index (χ0n) is 8.44. The lowest BCUT2D eigenvalue weighted by molar-refractivity contribution is -0.117. The van der Waals surface area contributed by atoms with Crippen LogP contribution in [0.4, 0.5) is 0 Å². The van der Waals surface area contributed by atoms with Crippen LogP contribution < -0.4 is 5.32 Å². The van der Waals surface area contributed by atoms with Gasteiger partial charge in [-0.1, -0.05) is 6.58 Å². The number of hydrogen-bond donors (Lipinski definition) is 2. The van der Waals surface area contributed by atoms with Gasteiger partial charge in [-0.05, 0) is 26.8 Å². The largest absolute Gasteiger partial charge is 0.346 e. The van der Waals surface area contributed by atoms with Gasteiger partial charge in [0, 0.05) is 0 Å². The van der Waals surface area contributed by atoms with Crippen LogP contribution in [0.5, 0.6) is 0 Å². The van der Waals surface area contributed by atoms with E-state index in [4.69, 9.17) is 4.55 Å². The minimum absolute atomic E-state index is 0.481. The fourth-order valence-corrected chi connectivity index (χ4v) is 1.65. The average Bonchev–Trinajstić information content (AvgIpc) is 2.00. The lowest BCUT2D eigenvalue weighted by Crippen LogP contribution is -2.53. The Hall–Kier alpha value is -0.880. The van der Waals surface area contributed by atoms with Gasteiger partial charge >= 0.3 is 0 Å². The first-order valence-corrected chi connectivity index (χ1v) is 5.52. The molecular formula is C8H15NO4S. The topological polar surface area (TPSA) is 83.5 Å². The molecule has 0 rings (SSSR count). The summed E-state index contributed by atoms with van der Waals surface area (Å²) in [5.74, 6) is -0.481. The van der Waals surface area contributed by atoms with Gasteiger partial charge in [-0.2, -0.15) is 8.42 Å². The summed E-state index contributed by atoms with van der Waals surface area (Å²) < 4.78 is 30.5. The third-order valence-electron chi connectivity index (χ3n) is 2.09. The van der Waals surface area contributed by atoms with Gasteiger partial charge in [-0.15, -0.1) is 0 Å². The summed E-state index contributed by atoms with van der Waals surface area (Å²) in [6, 6.07) is 0. The van der Waals surface area contributed by atoms with E-state index in [9.17, 15) is 13.2 Å². The highest BCUT2D eigenvalue weighted by Crippen LogP contribution is 2.15. The maximum atomic E-state index is 11.0. The zero-order chi connectivity index (χ0) is 11.6. The molecule has 1 atom stereocenters. The van der Waals surface area contributed by atoms with Crippen molar-refractivity contribution in [2.75, 3.05) is 0 Å². The van der Waals surface area contributed by atoms with Crippen LogP contribution in [0.1, 0.15) is 20.8 Å². The van der Waals surface area contributed by atoms with Crippen molar-refractivity contribution in [3.63, 3.8) is 0 Å². The Balaban J connectivity index is 4.79. The molecule has 0 aliphatic rings. The molecule has 0 aliphatic heterocycles. The van der Waals surface area contributed by atoms with Crippen LogP contribution in [0, 0.1) is 0 Å². The molecule has 14 heavy (non-hydrogen) atoms. The van der Waals surface area contributed by atoms with Crippen LogP contribution in [0.3, 0.4) is 0 Å². The molecule has 0 aromatic heterocycles. The smallest absolute Gasteiger partial charge is 0.269 e. The Morgan fingerprint density at radius 2 is 2.00 bits per heavy atom. The Labute approximate surface area is 83.9 Å². The Bertz CT molecular complexity index is 331. The zero-order valence-corrected chi connectivity index (χ0v) is 9.26. The van der Waals surface area contributed by atoms with Crippen molar-refractivity contribution >= 4 is 16.0 Å². The summed E-state index contributed by atoms with van der Waals surface area (Å²) in [4.78, 5) is 11.0. The van der Waals surface area contributed by atoms with Crippen molar-refractivity contribution in [1.29, 1.82) is 0 Å². The SMILES string of the molecule is C=CC(=O)NC(C)(C)C(C)S(=O)(=O)O. The standard InChI is InChI=1S/C8H15NO4S/c1-5-7(10)9-8(3,4)6(2)14(11,12)13/h5-6H,1H2,2-4H3,(H,9,10)(H,11,12,13). The molecule has 0 spiro atoms. The van der Waals surface area contributed by atoms with Crippen molar-refractivity contribution in [3.8, 4) is 0 Å². The van der Waals surface area contributed by atoms with Gasteiger partial charge in [0.2, 0.25) is 5.91 Å². The van der Waals surface area contributed by atoms with E-state index in [1.807, 2.05) is 0 Å². The molecule has 0 aromatic rings. The first kappa shape index (κ1) is 13.1. The van der Waals surface area contributed by atoms with Gasteiger partial charge in [0.25, 0.3) is 10.1 Å². The molecule has 82 valence electrons. The second-order valence-electron chi connectivity index (χ2n) is 3.57. The van der Waals surface area contributed by atoms with Crippen molar-refractivity contribution in [1.82, 2.24) is 5.32 Å². The summed E-state index contributed by atoms with van der Waals surface area (Å²) in [5, 5.41) is 1.33. The summed E-state index contributed by atoms with van der Waals surface area (Å²) in [6.45, 7) is 7.57. The fourth-order valence-electron chi connectivity index (χ4n) is 0.843. The van der Waals surface area contributed by atoms with Gasteiger partial charge in [0.1, 0.15) is 5.25 Å². The molecule has 1 unspecified atom stereocenters. The number of carbonyl (C=O) groups excluding carboxylic acids is 1. The van der Waals surface area contributed by atoms with Gasteiger partial charge in [0.05, 0.1) is 5.54 Å². The van der Waals surface area contributed by atoms with Crippen molar-refractivity contribution in [3.05, 3.63) is 12.7 Å². The Morgan fingerprint density at radius 3 is 2.29 bits per heavy atom. The van der Waals surface area contributed by atoms with Gasteiger partial charge in [-0.25, -0.2) is 0 Å². The molecule has 0 heterocycles. The van der Waals surface area contributed by atoms with Crippen LogP contribution in [0.15, 0.2) is 12.7 Å². The summed E-state index contributed by atoms with van der Waals surface area (Å²) in [5.41, 5.74) is -1.04. The normalized spacial score (nSPS) is 14.6. The van der Waals surface area contributed by atoms with Crippen LogP contribution in [0.25, 0.3) is 0 Å². The Kier molecular flexibility index (Phi) is 3.84. The molecule has 2 N–H and O–H groups in total. The number of hydrogen-bond acceptors (Lipinski definition) is 3. The van der Waals surface area contributed by atoms with E-state index >= 15 is 0 Å². The molecule has 0 saturated heterocycles. The van der Waals surface area contributed by atoms with E-state index in [1.54, 1.807) is 0 Å². The second kappa shape index (κ2) is 4.10. The predicted octanol–water partition coefficient (Wildman–Crippen LogP) is 0.343. The van der Waals surface area contributed by atoms with Gasteiger partial charge in [-0.3, -0.25) is 9.35 Å². The molecule has 0 aliphatic carbocycles. The average molecular weight is 221 g/mol. The minimum Gasteiger partial charge on any atom is -0.346 e. The molecular weight excluding hydrogens is 206 g/mol. The minimum atomic E-state index is -4.16. The first-order valence-electron chi connectivity index (χ1n) is 4.02. The van der Waals surface area contributed by atoms with E-state index in [0.29, 0.717) is 0 Å². The molecule has 0 fully saturated rings. The highest BCUT2D eigenvalue weighted by atomic mass is 32.2. The molecule has 0 aromatic carbocycles. The van der Waals surface area contributed by atoms with Crippen molar-refractivity contribution in [2.45, 2.75) is 31.6 Å². The lowest BCUT2D eigenvalue weighted by Gasteiger charge is -2.30. The van der Waals surface area contributed by atoms with E-state index in [1.165, 1.54) is 20.8 Å². The number of amides is 1. The number of carbonyl (C=O) groups is 1. The van der Waals surface area contributed by atoms with Gasteiger partial charge < -0.3 is 5.32 Å². The summed E-state index contributed by atoms with van der Waals surface area (Å²) in [6.07, 6.45) is 1.04. The third kappa shape index (κ3) is 3.47. The van der Waals surface area contributed by atoms with E-state index in [0.717, 1.165) is 6.08 Å². The lowest BCUT2D eigenvalue weighted by atomic mass is 10.0. The van der Waals surface area contributed by atoms with Crippen LogP contribution in [-0.2, 0) is 14.9 Å². The van der Waals surface area contributed by atoms with E-state index in [-0.39, 0.29) is 0 Å². The molecule has 0 bridgehead atoms. The highest BCUT2D eigenvalue weighted by molar-refractivity contribution is 7.86. The quantitative estimate of drug-likeness (QED) is 0.530. The van der Waals surface area contributed by atoms with E-state index in [2.05, 4.69) is 11.9 Å². The molecule has 6 heteroatoms. The van der Waals surface area contributed by atoms with Crippen molar-refractivity contribution < 1.29 is 17.8 Å². The maximum Gasteiger partial charge on any atom is 0.269 e. The third-order valence-corrected chi connectivity index (χ3v) is 3.58. The fraction of sp³-hybridized carbons (Fsp3) is 0.625. The second-order valence-corrected chi connectivity index (χ2v) is 5.31. The molecule has 0 radical (unpaired) electrons. The summed E-state index contributed by atoms with van der Waals surface area (Å²) >= 11 is 0. The monoisotopic (exact) mass is 221 g/mol.